The average molecular weight is 379 g/mol. The zero-order chi connectivity index (χ0) is 16.6. The molecule has 0 fully saturated rings. The Morgan fingerprint density at radius 1 is 0.333 bits per heavy atom. The summed E-state index contributed by atoms with van der Waals surface area (Å²) in [5.74, 6) is 0. The first-order valence-electron chi connectivity index (χ1n) is 8.48. The molecule has 21 heavy (non-hydrogen) atoms. The van der Waals surface area contributed by atoms with Crippen LogP contribution < -0.4 is 0 Å². The number of hydrogen-bond acceptors (Lipinski definition) is 0. The molecule has 0 aromatic rings. The van der Waals surface area contributed by atoms with Gasteiger partial charge < -0.3 is 0 Å². The zero-order valence-corrected chi connectivity index (χ0v) is 19.5. The van der Waals surface area contributed by atoms with Crippen LogP contribution in [0.3, 0.4) is 0 Å². The molecule has 0 aromatic carbocycles. The molecule has 0 radical (unpaired) electrons. The van der Waals surface area contributed by atoms with Gasteiger partial charge >= 0.3 is 16.5 Å². The van der Waals surface area contributed by atoms with Gasteiger partial charge in [-0.25, -0.2) is 0 Å². The maximum Gasteiger partial charge on any atom is 2.00 e. The Kier molecular flexibility index (Phi) is 17.8. The minimum absolute atomic E-state index is 0. The summed E-state index contributed by atoms with van der Waals surface area (Å²) in [7, 11) is 0.525. The fraction of sp³-hybridized carbons (Fsp3) is 1.00. The van der Waals surface area contributed by atoms with E-state index < -0.39 is 0 Å². The Bertz CT molecular complexity index is 161. The van der Waals surface area contributed by atoms with Crippen LogP contribution in [0.25, 0.3) is 0 Å². The van der Waals surface area contributed by atoms with Crippen molar-refractivity contribution in [2.24, 2.45) is 0 Å². The Morgan fingerprint density at radius 3 is 0.429 bits per heavy atom. The van der Waals surface area contributed by atoms with Gasteiger partial charge in [0.15, 0.2) is 0 Å². The molecule has 0 amide bonds. The third kappa shape index (κ3) is 12.4. The minimum Gasteiger partial charge on any atom is -0.0988 e. The van der Waals surface area contributed by atoms with Gasteiger partial charge in [0.2, 0.25) is 0 Å². The Balaban J connectivity index is -0.000000295. The largest absolute Gasteiger partial charge is 2.00 e. The maximum absolute atomic E-state index is 2.35. The fourth-order valence-electron chi connectivity index (χ4n) is 3.58. The summed E-state index contributed by atoms with van der Waals surface area (Å²) in [4.78, 5) is 0. The quantitative estimate of drug-likeness (QED) is 0.334. The predicted molar refractivity (Wildman–Crippen MR) is 105 cm³/mol. The van der Waals surface area contributed by atoms with Crippen LogP contribution in [-0.4, -0.2) is 34.0 Å². The van der Waals surface area contributed by atoms with Crippen molar-refractivity contribution in [2.45, 2.75) is 117 Å². The van der Waals surface area contributed by atoms with Gasteiger partial charge in [-0.3, -0.25) is 0 Å². The van der Waals surface area contributed by atoms with Crippen molar-refractivity contribution in [3.63, 3.8) is 0 Å². The van der Waals surface area contributed by atoms with Crippen LogP contribution >= 0.6 is 15.8 Å². The first-order valence-corrected chi connectivity index (χ1v) is 11.6. The van der Waals surface area contributed by atoms with E-state index in [0.29, 0.717) is 0 Å². The van der Waals surface area contributed by atoms with E-state index in [9.17, 15) is 0 Å². The van der Waals surface area contributed by atoms with Crippen molar-refractivity contribution in [1.82, 2.24) is 0 Å². The topological polar surface area (TPSA) is 0 Å². The molecule has 3 heteroatoms. The van der Waals surface area contributed by atoms with Gasteiger partial charge in [-0.05, 0) is 34.0 Å². The molecule has 0 aliphatic carbocycles. The van der Waals surface area contributed by atoms with Gasteiger partial charge in [-0.15, -0.1) is 0 Å². The molecule has 0 unspecified atom stereocenters. The number of hydrogen-bond donors (Lipinski definition) is 0. The summed E-state index contributed by atoms with van der Waals surface area (Å²) in [6, 6.07) is 0. The van der Waals surface area contributed by atoms with Crippen molar-refractivity contribution < 1.29 is 16.5 Å². The normalized spacial score (nSPS) is 12.0. The monoisotopic (exact) mass is 378 g/mol. The van der Waals surface area contributed by atoms with E-state index in [2.05, 4.69) is 83.1 Å². The molecule has 0 aliphatic heterocycles. The third-order valence-electron chi connectivity index (χ3n) is 3.58. The van der Waals surface area contributed by atoms with Gasteiger partial charge in [0.1, 0.15) is 0 Å². The molecular weight excluding hydrogens is 337 g/mol. The van der Waals surface area contributed by atoms with Crippen LogP contribution in [0.4, 0.5) is 0 Å². The van der Waals surface area contributed by atoms with E-state index in [-0.39, 0.29) is 32.3 Å². The second kappa shape index (κ2) is 13.8. The van der Waals surface area contributed by atoms with Gasteiger partial charge in [0, 0.05) is 0 Å². The molecule has 0 bridgehead atoms. The van der Waals surface area contributed by atoms with E-state index in [1.165, 1.54) is 0 Å². The summed E-state index contributed by atoms with van der Waals surface area (Å²) >= 11 is 0. The van der Waals surface area contributed by atoms with Crippen LogP contribution in [-0.2, 0) is 16.5 Å². The van der Waals surface area contributed by atoms with Crippen LogP contribution in [0.1, 0.15) is 83.1 Å². The molecule has 0 aliphatic rings. The van der Waals surface area contributed by atoms with E-state index in [0.717, 1.165) is 34.0 Å². The molecular formula is C18H42NiP2+2. The molecule has 0 atom stereocenters. The smallest absolute Gasteiger partial charge is 0.0988 e. The van der Waals surface area contributed by atoms with E-state index >= 15 is 0 Å². The first kappa shape index (κ1) is 27.2. The van der Waals surface area contributed by atoms with E-state index in [4.69, 9.17) is 0 Å². The van der Waals surface area contributed by atoms with Crippen molar-refractivity contribution >= 4 is 15.8 Å². The summed E-state index contributed by atoms with van der Waals surface area (Å²) in [5.41, 5.74) is 5.39. The third-order valence-corrected chi connectivity index (χ3v) is 10.7. The summed E-state index contributed by atoms with van der Waals surface area (Å²) in [6.07, 6.45) is 0. The SMILES string of the molecule is CC(C)P(C(C)C)C(C)C.CC(C)P(C(C)C)C(C)C.[Ni+2]. The Labute approximate surface area is 149 Å². The average Bonchev–Trinajstić information content (AvgIpc) is 2.12. The Morgan fingerprint density at radius 2 is 0.429 bits per heavy atom. The second-order valence-electron chi connectivity index (χ2n) is 7.46. The predicted octanol–water partition coefficient (Wildman–Crippen LogP) is 7.38. The van der Waals surface area contributed by atoms with Gasteiger partial charge in [-0.2, -0.15) is 0 Å². The van der Waals surface area contributed by atoms with Crippen molar-refractivity contribution in [1.29, 1.82) is 0 Å². The van der Waals surface area contributed by atoms with E-state index in [1.54, 1.807) is 0 Å². The molecule has 0 N–H and O–H groups in total. The fourth-order valence-corrected chi connectivity index (χ4v) is 10.7. The molecule has 132 valence electrons. The van der Waals surface area contributed by atoms with Crippen LogP contribution in [0, 0.1) is 0 Å². The van der Waals surface area contributed by atoms with Crippen LogP contribution in [0.5, 0.6) is 0 Å². The molecule has 0 aromatic heterocycles. The minimum atomic E-state index is 0. The molecule has 0 heterocycles. The van der Waals surface area contributed by atoms with Crippen LogP contribution in [0.2, 0.25) is 0 Å². The maximum atomic E-state index is 2.35. The van der Waals surface area contributed by atoms with Gasteiger partial charge in [-0.1, -0.05) is 98.9 Å². The van der Waals surface area contributed by atoms with Crippen LogP contribution in [0.15, 0.2) is 0 Å². The van der Waals surface area contributed by atoms with Gasteiger partial charge in [0.25, 0.3) is 0 Å². The summed E-state index contributed by atoms with van der Waals surface area (Å²) < 4.78 is 0. The molecule has 0 rings (SSSR count). The zero-order valence-electron chi connectivity index (χ0n) is 16.7. The summed E-state index contributed by atoms with van der Waals surface area (Å²) in [5, 5.41) is 0. The molecule has 0 saturated heterocycles. The van der Waals surface area contributed by atoms with Crippen molar-refractivity contribution in [2.75, 3.05) is 0 Å². The standard InChI is InChI=1S/2C9H21P.Ni/c2*1-7(2)10(8(3)4)9(5)6;/h2*7-9H,1-6H3;/q;;+2. The first-order chi connectivity index (χ1) is 8.93. The van der Waals surface area contributed by atoms with Gasteiger partial charge in [0.05, 0.1) is 0 Å². The van der Waals surface area contributed by atoms with Crippen molar-refractivity contribution in [3.05, 3.63) is 0 Å². The molecule has 0 saturated carbocycles. The van der Waals surface area contributed by atoms with Crippen molar-refractivity contribution in [3.8, 4) is 0 Å². The number of rotatable bonds is 6. The summed E-state index contributed by atoms with van der Waals surface area (Å²) in [6.45, 7) is 28.2. The molecule has 0 nitrogen and oxygen atoms in total. The Hall–Kier alpha value is 1.35. The van der Waals surface area contributed by atoms with E-state index in [1.807, 2.05) is 0 Å². The second-order valence-corrected chi connectivity index (χ2v) is 15.4. The molecule has 0 spiro atoms.